The summed E-state index contributed by atoms with van der Waals surface area (Å²) in [4.78, 5) is 33.6. The van der Waals surface area contributed by atoms with Gasteiger partial charge in [-0.15, -0.1) is 0 Å². The van der Waals surface area contributed by atoms with Crippen LogP contribution in [-0.4, -0.2) is 30.3 Å². The van der Waals surface area contributed by atoms with Crippen LogP contribution in [0.1, 0.15) is 39.5 Å². The molecule has 0 saturated heterocycles. The van der Waals surface area contributed by atoms with Gasteiger partial charge in [-0.2, -0.15) is 0 Å². The first-order chi connectivity index (χ1) is 8.01. The minimum Gasteiger partial charge on any atom is -0.344 e. The third kappa shape index (κ3) is 7.46. The summed E-state index contributed by atoms with van der Waals surface area (Å²) >= 11 is 0. The summed E-state index contributed by atoms with van der Waals surface area (Å²) in [6, 6.07) is -0.655. The second-order valence-electron chi connectivity index (χ2n) is 3.80. The lowest BCUT2D eigenvalue weighted by molar-refractivity contribution is -0.133. The maximum absolute atomic E-state index is 11.6. The molecule has 0 heterocycles. The van der Waals surface area contributed by atoms with Crippen LogP contribution in [-0.2, 0) is 14.4 Å². The standard InChI is InChI=1S/C11H21N3O3/c1-3-10(16)14-9(6-4-5-7-12)11(17)13-8(2)15/h9H,3-7,12H2,1-2H3,(H,14,16)(H,13,15,17). The highest BCUT2D eigenvalue weighted by molar-refractivity contribution is 5.98. The van der Waals surface area contributed by atoms with E-state index in [4.69, 9.17) is 5.73 Å². The largest absolute Gasteiger partial charge is 0.344 e. The number of hydrogen-bond acceptors (Lipinski definition) is 4. The van der Waals surface area contributed by atoms with Crippen LogP contribution in [0.2, 0.25) is 0 Å². The molecule has 0 aliphatic heterocycles. The van der Waals surface area contributed by atoms with Gasteiger partial charge >= 0.3 is 0 Å². The van der Waals surface area contributed by atoms with Crippen LogP contribution in [0.3, 0.4) is 0 Å². The highest BCUT2D eigenvalue weighted by Crippen LogP contribution is 2.01. The summed E-state index contributed by atoms with van der Waals surface area (Å²) in [6.07, 6.45) is 2.31. The van der Waals surface area contributed by atoms with Crippen LogP contribution in [0.15, 0.2) is 0 Å². The molecule has 0 aliphatic carbocycles. The monoisotopic (exact) mass is 243 g/mol. The Labute approximate surface area is 101 Å². The molecule has 0 aromatic heterocycles. The number of hydrogen-bond donors (Lipinski definition) is 3. The molecular weight excluding hydrogens is 222 g/mol. The summed E-state index contributed by atoms with van der Waals surface area (Å²) in [6.45, 7) is 3.51. The first kappa shape index (κ1) is 15.6. The Morgan fingerprint density at radius 3 is 2.35 bits per heavy atom. The third-order valence-electron chi connectivity index (χ3n) is 2.22. The molecule has 1 unspecified atom stereocenters. The Morgan fingerprint density at radius 1 is 1.24 bits per heavy atom. The number of amides is 3. The molecule has 4 N–H and O–H groups in total. The zero-order chi connectivity index (χ0) is 13.3. The lowest BCUT2D eigenvalue weighted by Gasteiger charge is -2.16. The molecule has 0 aromatic rings. The van der Waals surface area contributed by atoms with Crippen LogP contribution in [0, 0.1) is 0 Å². The van der Waals surface area contributed by atoms with Gasteiger partial charge in [0.05, 0.1) is 0 Å². The Hall–Kier alpha value is -1.43. The minimum absolute atomic E-state index is 0.207. The molecule has 98 valence electrons. The van der Waals surface area contributed by atoms with Crippen LogP contribution in [0.4, 0.5) is 0 Å². The van der Waals surface area contributed by atoms with E-state index in [2.05, 4.69) is 10.6 Å². The number of carbonyl (C=O) groups is 3. The predicted octanol–water partition coefficient (Wildman–Crippen LogP) is -0.327. The van der Waals surface area contributed by atoms with Crippen LogP contribution in [0.25, 0.3) is 0 Å². The topological polar surface area (TPSA) is 101 Å². The van der Waals surface area contributed by atoms with E-state index >= 15 is 0 Å². The van der Waals surface area contributed by atoms with Gasteiger partial charge < -0.3 is 11.1 Å². The number of imide groups is 1. The van der Waals surface area contributed by atoms with E-state index in [1.54, 1.807) is 6.92 Å². The van der Waals surface area contributed by atoms with E-state index in [1.165, 1.54) is 6.92 Å². The van der Waals surface area contributed by atoms with Crippen molar-refractivity contribution >= 4 is 17.7 Å². The summed E-state index contributed by atoms with van der Waals surface area (Å²) < 4.78 is 0. The Morgan fingerprint density at radius 2 is 1.88 bits per heavy atom. The molecule has 0 saturated carbocycles. The van der Waals surface area contributed by atoms with Gasteiger partial charge in [0.25, 0.3) is 0 Å². The zero-order valence-electron chi connectivity index (χ0n) is 10.4. The number of unbranched alkanes of at least 4 members (excludes halogenated alkanes) is 1. The van der Waals surface area contributed by atoms with E-state index in [1.807, 2.05) is 0 Å². The number of nitrogens with two attached hydrogens (primary N) is 1. The fraction of sp³-hybridized carbons (Fsp3) is 0.727. The van der Waals surface area contributed by atoms with Crippen molar-refractivity contribution in [3.63, 3.8) is 0 Å². The molecule has 0 fully saturated rings. The Bertz CT molecular complexity index is 279. The molecule has 0 aromatic carbocycles. The smallest absolute Gasteiger partial charge is 0.249 e. The average Bonchev–Trinajstić information content (AvgIpc) is 2.26. The van der Waals surface area contributed by atoms with Gasteiger partial charge in [0.2, 0.25) is 17.7 Å². The Balaban J connectivity index is 4.32. The molecule has 6 nitrogen and oxygen atoms in total. The molecule has 0 radical (unpaired) electrons. The van der Waals surface area contributed by atoms with Gasteiger partial charge in [-0.25, -0.2) is 0 Å². The summed E-state index contributed by atoms with van der Waals surface area (Å²) in [5.41, 5.74) is 5.36. The first-order valence-electron chi connectivity index (χ1n) is 5.82. The van der Waals surface area contributed by atoms with Gasteiger partial charge in [0.15, 0.2) is 0 Å². The quantitative estimate of drug-likeness (QED) is 0.533. The van der Waals surface area contributed by atoms with Crippen molar-refractivity contribution in [3.8, 4) is 0 Å². The van der Waals surface area contributed by atoms with E-state index in [0.717, 1.165) is 12.8 Å². The third-order valence-corrected chi connectivity index (χ3v) is 2.22. The van der Waals surface area contributed by atoms with E-state index in [-0.39, 0.29) is 5.91 Å². The van der Waals surface area contributed by atoms with Crippen molar-refractivity contribution in [1.29, 1.82) is 0 Å². The SMILES string of the molecule is CCC(=O)NC(CCCCN)C(=O)NC(C)=O. The zero-order valence-corrected chi connectivity index (χ0v) is 10.4. The average molecular weight is 243 g/mol. The number of rotatable bonds is 7. The highest BCUT2D eigenvalue weighted by atomic mass is 16.2. The predicted molar refractivity (Wildman–Crippen MR) is 64.0 cm³/mol. The summed E-state index contributed by atoms with van der Waals surface area (Å²) in [5, 5.41) is 4.76. The highest BCUT2D eigenvalue weighted by Gasteiger charge is 2.20. The summed E-state index contributed by atoms with van der Waals surface area (Å²) in [5.74, 6) is -1.10. The van der Waals surface area contributed by atoms with Gasteiger partial charge in [0.1, 0.15) is 6.04 Å². The molecule has 0 spiro atoms. The van der Waals surface area contributed by atoms with Crippen molar-refractivity contribution in [2.75, 3.05) is 6.54 Å². The fourth-order valence-corrected chi connectivity index (χ4v) is 1.32. The number of carbonyl (C=O) groups excluding carboxylic acids is 3. The van der Waals surface area contributed by atoms with Gasteiger partial charge in [0, 0.05) is 13.3 Å². The molecular formula is C11H21N3O3. The Kier molecular flexibility index (Phi) is 7.96. The molecule has 0 aliphatic rings. The van der Waals surface area contributed by atoms with E-state index in [0.29, 0.717) is 19.4 Å². The molecule has 0 bridgehead atoms. The van der Waals surface area contributed by atoms with Crippen LogP contribution in [0.5, 0.6) is 0 Å². The molecule has 17 heavy (non-hydrogen) atoms. The maximum Gasteiger partial charge on any atom is 0.249 e. The van der Waals surface area contributed by atoms with Gasteiger partial charge in [-0.1, -0.05) is 6.92 Å². The van der Waals surface area contributed by atoms with Crippen molar-refractivity contribution < 1.29 is 14.4 Å². The number of nitrogens with one attached hydrogen (secondary N) is 2. The van der Waals surface area contributed by atoms with Crippen molar-refractivity contribution in [3.05, 3.63) is 0 Å². The van der Waals surface area contributed by atoms with Crippen molar-refractivity contribution in [1.82, 2.24) is 10.6 Å². The molecule has 0 rings (SSSR count). The molecule has 6 heteroatoms. The van der Waals surface area contributed by atoms with Gasteiger partial charge in [-0.05, 0) is 25.8 Å². The second-order valence-corrected chi connectivity index (χ2v) is 3.80. The van der Waals surface area contributed by atoms with Crippen LogP contribution >= 0.6 is 0 Å². The van der Waals surface area contributed by atoms with E-state index < -0.39 is 17.9 Å². The van der Waals surface area contributed by atoms with Crippen LogP contribution < -0.4 is 16.4 Å². The molecule has 3 amide bonds. The van der Waals surface area contributed by atoms with Crippen molar-refractivity contribution in [2.24, 2.45) is 5.73 Å². The maximum atomic E-state index is 11.6. The fourth-order valence-electron chi connectivity index (χ4n) is 1.32. The van der Waals surface area contributed by atoms with Crippen molar-refractivity contribution in [2.45, 2.75) is 45.6 Å². The van der Waals surface area contributed by atoms with E-state index in [9.17, 15) is 14.4 Å². The second kappa shape index (κ2) is 8.69. The molecule has 1 atom stereocenters. The lowest BCUT2D eigenvalue weighted by atomic mass is 10.1. The minimum atomic E-state index is -0.655. The normalized spacial score (nSPS) is 11.7. The first-order valence-corrected chi connectivity index (χ1v) is 5.82. The lowest BCUT2D eigenvalue weighted by Crippen LogP contribution is -2.47. The summed E-state index contributed by atoms with van der Waals surface area (Å²) in [7, 11) is 0. The van der Waals surface area contributed by atoms with Gasteiger partial charge in [-0.3, -0.25) is 19.7 Å².